The van der Waals surface area contributed by atoms with Gasteiger partial charge in [0.15, 0.2) is 6.29 Å². The molecule has 0 saturated carbocycles. The van der Waals surface area contributed by atoms with Crippen LogP contribution in [0.1, 0.15) is 17.3 Å². The van der Waals surface area contributed by atoms with Crippen molar-refractivity contribution in [1.29, 1.82) is 0 Å². The van der Waals surface area contributed by atoms with E-state index in [9.17, 15) is 15.0 Å². The first-order valence-corrected chi connectivity index (χ1v) is 6.75. The second-order valence-corrected chi connectivity index (χ2v) is 4.87. The van der Waals surface area contributed by atoms with Crippen LogP contribution in [-0.4, -0.2) is 21.1 Å². The first-order chi connectivity index (χ1) is 10.2. The fourth-order valence-corrected chi connectivity index (χ4v) is 2.75. The summed E-state index contributed by atoms with van der Waals surface area (Å²) in [5, 5.41) is 19.8. The van der Waals surface area contributed by atoms with Crippen molar-refractivity contribution in [2.45, 2.75) is 13.5 Å². The summed E-state index contributed by atoms with van der Waals surface area (Å²) in [5.41, 5.74) is 3.11. The van der Waals surface area contributed by atoms with Gasteiger partial charge in [-0.25, -0.2) is 0 Å². The second-order valence-electron chi connectivity index (χ2n) is 4.87. The van der Waals surface area contributed by atoms with E-state index in [1.165, 1.54) is 0 Å². The van der Waals surface area contributed by atoms with Gasteiger partial charge in [0.25, 0.3) is 0 Å². The van der Waals surface area contributed by atoms with Gasteiger partial charge in [-0.1, -0.05) is 0 Å². The van der Waals surface area contributed by atoms with Crippen molar-refractivity contribution in [3.05, 3.63) is 48.0 Å². The Hall–Kier alpha value is -2.75. The molecule has 0 aliphatic carbocycles. The number of hydrogen-bond acceptors (Lipinski definition) is 3. The van der Waals surface area contributed by atoms with E-state index in [4.69, 9.17) is 0 Å². The van der Waals surface area contributed by atoms with Gasteiger partial charge in [0.05, 0.1) is 5.69 Å². The highest BCUT2D eigenvalue weighted by Crippen LogP contribution is 2.35. The van der Waals surface area contributed by atoms with E-state index < -0.39 is 0 Å². The highest BCUT2D eigenvalue weighted by atomic mass is 16.3. The van der Waals surface area contributed by atoms with E-state index >= 15 is 0 Å². The molecular weight excluding hydrogens is 266 g/mol. The molecule has 0 saturated heterocycles. The van der Waals surface area contributed by atoms with E-state index in [0.29, 0.717) is 12.1 Å². The normalized spacial score (nSPS) is 10.9. The third kappa shape index (κ3) is 2.05. The monoisotopic (exact) mass is 281 g/mol. The first-order valence-electron chi connectivity index (χ1n) is 6.75. The van der Waals surface area contributed by atoms with Gasteiger partial charge < -0.3 is 14.8 Å². The van der Waals surface area contributed by atoms with Crippen LogP contribution in [0.15, 0.2) is 42.5 Å². The zero-order chi connectivity index (χ0) is 15.0. The minimum Gasteiger partial charge on any atom is -0.508 e. The number of aryl methyl sites for hydroxylation is 1. The van der Waals surface area contributed by atoms with Crippen molar-refractivity contribution in [1.82, 2.24) is 4.57 Å². The summed E-state index contributed by atoms with van der Waals surface area (Å²) in [7, 11) is 0. The molecular formula is C17H15NO3. The van der Waals surface area contributed by atoms with Crippen LogP contribution in [0.2, 0.25) is 0 Å². The quantitative estimate of drug-likeness (QED) is 0.722. The molecule has 0 amide bonds. The SMILES string of the molecule is CCn1c(-c2ccc(O)cc2)c(C=O)c2cc(O)ccc21. The molecule has 2 aromatic carbocycles. The Morgan fingerprint density at radius 2 is 1.71 bits per heavy atom. The van der Waals surface area contributed by atoms with Crippen molar-refractivity contribution in [3.8, 4) is 22.8 Å². The summed E-state index contributed by atoms with van der Waals surface area (Å²) in [6.07, 6.45) is 0.816. The predicted molar refractivity (Wildman–Crippen MR) is 81.8 cm³/mol. The Bertz CT molecular complexity index is 816. The number of nitrogens with zero attached hydrogens (tertiary/aromatic N) is 1. The number of carbonyl (C=O) groups excluding carboxylic acids is 1. The van der Waals surface area contributed by atoms with Gasteiger partial charge in [0.1, 0.15) is 11.5 Å². The summed E-state index contributed by atoms with van der Waals surface area (Å²) in [6, 6.07) is 11.8. The molecule has 0 radical (unpaired) electrons. The number of phenolic OH excluding ortho intramolecular Hbond substituents is 2. The maximum Gasteiger partial charge on any atom is 0.152 e. The molecule has 0 aliphatic heterocycles. The second kappa shape index (κ2) is 4.98. The molecule has 3 rings (SSSR count). The lowest BCUT2D eigenvalue weighted by atomic mass is 10.1. The molecule has 1 heterocycles. The third-order valence-corrected chi connectivity index (χ3v) is 3.66. The van der Waals surface area contributed by atoms with Gasteiger partial charge in [-0.15, -0.1) is 0 Å². The van der Waals surface area contributed by atoms with Gasteiger partial charge in [0, 0.05) is 23.0 Å². The van der Waals surface area contributed by atoms with Crippen molar-refractivity contribution in [2.75, 3.05) is 0 Å². The largest absolute Gasteiger partial charge is 0.508 e. The van der Waals surface area contributed by atoms with Crippen molar-refractivity contribution in [3.63, 3.8) is 0 Å². The molecule has 4 nitrogen and oxygen atoms in total. The zero-order valence-electron chi connectivity index (χ0n) is 11.6. The molecule has 0 unspecified atom stereocenters. The van der Waals surface area contributed by atoms with Crippen molar-refractivity contribution >= 4 is 17.2 Å². The number of aldehydes is 1. The Labute approximate surface area is 121 Å². The van der Waals surface area contributed by atoms with Gasteiger partial charge in [-0.05, 0) is 55.0 Å². The minimum absolute atomic E-state index is 0.135. The molecule has 0 atom stereocenters. The fourth-order valence-electron chi connectivity index (χ4n) is 2.75. The van der Waals surface area contributed by atoms with Crippen LogP contribution in [0.4, 0.5) is 0 Å². The third-order valence-electron chi connectivity index (χ3n) is 3.66. The highest BCUT2D eigenvalue weighted by Gasteiger charge is 2.17. The Kier molecular flexibility index (Phi) is 3.14. The van der Waals surface area contributed by atoms with Crippen molar-refractivity contribution < 1.29 is 15.0 Å². The Balaban J connectivity index is 2.39. The lowest BCUT2D eigenvalue weighted by Crippen LogP contribution is -1.98. The molecule has 4 heteroatoms. The molecule has 3 aromatic rings. The van der Waals surface area contributed by atoms with Crippen LogP contribution in [0.3, 0.4) is 0 Å². The summed E-state index contributed by atoms with van der Waals surface area (Å²) >= 11 is 0. The Morgan fingerprint density at radius 1 is 1.05 bits per heavy atom. The standard InChI is InChI=1S/C17H15NO3/c1-2-18-16-8-7-13(21)9-14(16)15(10-19)17(18)11-3-5-12(20)6-4-11/h3-10,20-21H,2H2,1H3. The maximum absolute atomic E-state index is 11.6. The number of aromatic nitrogens is 1. The van der Waals surface area contributed by atoms with Crippen LogP contribution >= 0.6 is 0 Å². The molecule has 1 aromatic heterocycles. The van der Waals surface area contributed by atoms with E-state index in [1.807, 2.05) is 17.6 Å². The molecule has 0 fully saturated rings. The zero-order valence-corrected chi connectivity index (χ0v) is 11.6. The fraction of sp³-hybridized carbons (Fsp3) is 0.118. The predicted octanol–water partition coefficient (Wildman–Crippen LogP) is 3.55. The van der Waals surface area contributed by atoms with Crippen LogP contribution in [-0.2, 0) is 6.54 Å². The van der Waals surface area contributed by atoms with E-state index in [-0.39, 0.29) is 11.5 Å². The average molecular weight is 281 g/mol. The smallest absolute Gasteiger partial charge is 0.152 e. The van der Waals surface area contributed by atoms with Crippen LogP contribution in [0.25, 0.3) is 22.2 Å². The van der Waals surface area contributed by atoms with Gasteiger partial charge in [-0.3, -0.25) is 4.79 Å². The molecule has 0 bridgehead atoms. The number of carbonyl (C=O) groups is 1. The molecule has 21 heavy (non-hydrogen) atoms. The molecule has 106 valence electrons. The summed E-state index contributed by atoms with van der Waals surface area (Å²) in [6.45, 7) is 2.70. The number of phenols is 2. The molecule has 0 spiro atoms. The van der Waals surface area contributed by atoms with Gasteiger partial charge in [0.2, 0.25) is 0 Å². The topological polar surface area (TPSA) is 62.5 Å². The maximum atomic E-state index is 11.6. The van der Waals surface area contributed by atoms with Crippen molar-refractivity contribution in [2.24, 2.45) is 0 Å². The number of benzene rings is 2. The summed E-state index contributed by atoms with van der Waals surface area (Å²) < 4.78 is 2.03. The first kappa shape index (κ1) is 13.2. The highest BCUT2D eigenvalue weighted by molar-refractivity contribution is 6.05. The molecule has 0 aliphatic rings. The number of rotatable bonds is 3. The van der Waals surface area contributed by atoms with Crippen LogP contribution < -0.4 is 0 Å². The summed E-state index contributed by atoms with van der Waals surface area (Å²) in [5.74, 6) is 0.319. The van der Waals surface area contributed by atoms with E-state index in [1.54, 1.807) is 36.4 Å². The van der Waals surface area contributed by atoms with Crippen LogP contribution in [0.5, 0.6) is 11.5 Å². The lowest BCUT2D eigenvalue weighted by molar-refractivity contribution is 0.112. The number of aromatic hydroxyl groups is 2. The Morgan fingerprint density at radius 3 is 2.33 bits per heavy atom. The minimum atomic E-state index is 0.135. The van der Waals surface area contributed by atoms with E-state index in [2.05, 4.69) is 0 Å². The molecule has 2 N–H and O–H groups in total. The summed E-state index contributed by atoms with van der Waals surface area (Å²) in [4.78, 5) is 11.6. The van der Waals surface area contributed by atoms with E-state index in [0.717, 1.165) is 28.4 Å². The lowest BCUT2D eigenvalue weighted by Gasteiger charge is -2.09. The van der Waals surface area contributed by atoms with Gasteiger partial charge >= 0.3 is 0 Å². The average Bonchev–Trinajstić information content (AvgIpc) is 2.80. The number of hydrogen-bond donors (Lipinski definition) is 2. The van der Waals surface area contributed by atoms with Crippen LogP contribution in [0, 0.1) is 0 Å². The van der Waals surface area contributed by atoms with Gasteiger partial charge in [-0.2, -0.15) is 0 Å². The number of fused-ring (bicyclic) bond motifs is 1.